The Morgan fingerprint density at radius 3 is 2.33 bits per heavy atom. The normalized spacial score (nSPS) is 10.3. The molecule has 0 aliphatic heterocycles. The Kier molecular flexibility index (Phi) is 8.86. The van der Waals surface area contributed by atoms with Gasteiger partial charge in [0, 0.05) is 25.7 Å². The molecule has 6 nitrogen and oxygen atoms in total. The summed E-state index contributed by atoms with van der Waals surface area (Å²) in [4.78, 5) is 23.7. The number of ether oxygens (including phenoxy) is 1. The molecule has 144 valence electrons. The molecular formula is C21H27N3O3. The average Bonchev–Trinajstić information content (AvgIpc) is 2.72. The van der Waals surface area contributed by atoms with Crippen molar-refractivity contribution in [3.63, 3.8) is 0 Å². The lowest BCUT2D eigenvalue weighted by molar-refractivity contribution is 0.0947. The number of carbonyl (C=O) groups excluding carboxylic acids is 2. The van der Waals surface area contributed by atoms with E-state index in [0.29, 0.717) is 36.6 Å². The van der Waals surface area contributed by atoms with E-state index in [1.54, 1.807) is 31.3 Å². The largest absolute Gasteiger partial charge is 0.491 e. The minimum absolute atomic E-state index is 0.0354. The molecule has 0 fully saturated rings. The Hall–Kier alpha value is -2.86. The van der Waals surface area contributed by atoms with Gasteiger partial charge >= 0.3 is 0 Å². The number of para-hydroxylation sites is 1. The minimum Gasteiger partial charge on any atom is -0.491 e. The van der Waals surface area contributed by atoms with Gasteiger partial charge in [-0.2, -0.15) is 0 Å². The lowest BCUT2D eigenvalue weighted by Gasteiger charge is -2.11. The van der Waals surface area contributed by atoms with Gasteiger partial charge in [0.05, 0.1) is 5.56 Å². The van der Waals surface area contributed by atoms with E-state index in [-0.39, 0.29) is 11.8 Å². The second-order valence-electron chi connectivity index (χ2n) is 6.00. The highest BCUT2D eigenvalue weighted by Gasteiger charge is 2.09. The number of benzene rings is 2. The summed E-state index contributed by atoms with van der Waals surface area (Å²) in [6.45, 7) is 2.68. The van der Waals surface area contributed by atoms with Crippen LogP contribution in [0, 0.1) is 0 Å². The van der Waals surface area contributed by atoms with Gasteiger partial charge in [0.1, 0.15) is 12.4 Å². The smallest absolute Gasteiger partial charge is 0.254 e. The van der Waals surface area contributed by atoms with E-state index in [1.165, 1.54) is 0 Å². The highest BCUT2D eigenvalue weighted by molar-refractivity contribution is 5.96. The first-order chi connectivity index (χ1) is 13.2. The van der Waals surface area contributed by atoms with Crippen molar-refractivity contribution >= 4 is 11.8 Å². The summed E-state index contributed by atoms with van der Waals surface area (Å²) in [5, 5.41) is 8.82. The molecule has 0 bridgehead atoms. The molecule has 0 aromatic heterocycles. The number of carbonyl (C=O) groups is 2. The highest BCUT2D eigenvalue weighted by Crippen LogP contribution is 2.17. The third kappa shape index (κ3) is 7.11. The zero-order valence-corrected chi connectivity index (χ0v) is 15.7. The average molecular weight is 369 g/mol. The number of hydrogen-bond acceptors (Lipinski definition) is 4. The van der Waals surface area contributed by atoms with Gasteiger partial charge in [0.2, 0.25) is 0 Å². The fourth-order valence-corrected chi connectivity index (χ4v) is 2.54. The summed E-state index contributed by atoms with van der Waals surface area (Å²) in [7, 11) is 1.60. The van der Waals surface area contributed by atoms with Crippen molar-refractivity contribution in [1.82, 2.24) is 16.0 Å². The van der Waals surface area contributed by atoms with E-state index in [1.807, 2.05) is 30.3 Å². The molecule has 0 radical (unpaired) electrons. The van der Waals surface area contributed by atoms with Gasteiger partial charge in [-0.25, -0.2) is 0 Å². The van der Waals surface area contributed by atoms with Crippen molar-refractivity contribution in [2.45, 2.75) is 12.8 Å². The second kappa shape index (κ2) is 11.7. The van der Waals surface area contributed by atoms with Crippen LogP contribution in [0.2, 0.25) is 0 Å². The number of hydrogen-bond donors (Lipinski definition) is 3. The van der Waals surface area contributed by atoms with E-state index < -0.39 is 0 Å². The van der Waals surface area contributed by atoms with Crippen molar-refractivity contribution in [3.8, 4) is 5.75 Å². The van der Waals surface area contributed by atoms with Crippen LogP contribution in [0.3, 0.4) is 0 Å². The Bertz CT molecular complexity index is 720. The molecular weight excluding hydrogens is 342 g/mol. The maximum Gasteiger partial charge on any atom is 0.254 e. The van der Waals surface area contributed by atoms with E-state index in [0.717, 1.165) is 19.4 Å². The van der Waals surface area contributed by atoms with Crippen LogP contribution in [0.25, 0.3) is 0 Å². The molecule has 6 heteroatoms. The quantitative estimate of drug-likeness (QED) is 0.531. The molecule has 0 saturated carbocycles. The Morgan fingerprint density at radius 2 is 1.56 bits per heavy atom. The molecule has 0 saturated heterocycles. The lowest BCUT2D eigenvalue weighted by atomic mass is 10.2. The third-order valence-corrected chi connectivity index (χ3v) is 4.00. The van der Waals surface area contributed by atoms with E-state index in [4.69, 9.17) is 4.74 Å². The van der Waals surface area contributed by atoms with Crippen LogP contribution < -0.4 is 20.7 Å². The summed E-state index contributed by atoms with van der Waals surface area (Å²) in [6, 6.07) is 16.4. The van der Waals surface area contributed by atoms with Gasteiger partial charge in [-0.3, -0.25) is 9.59 Å². The number of unbranched alkanes of at least 4 members (excludes halogenated alkanes) is 1. The summed E-state index contributed by atoms with van der Waals surface area (Å²) < 4.78 is 5.69. The topological polar surface area (TPSA) is 79.5 Å². The first kappa shape index (κ1) is 20.5. The first-order valence-corrected chi connectivity index (χ1v) is 9.20. The number of rotatable bonds is 11. The maximum absolute atomic E-state index is 11.9. The molecule has 0 spiro atoms. The van der Waals surface area contributed by atoms with E-state index in [2.05, 4.69) is 16.0 Å². The van der Waals surface area contributed by atoms with Gasteiger partial charge < -0.3 is 20.7 Å². The van der Waals surface area contributed by atoms with Gasteiger partial charge in [-0.1, -0.05) is 30.3 Å². The molecule has 2 amide bonds. The fraction of sp³-hybridized carbons (Fsp3) is 0.333. The third-order valence-electron chi connectivity index (χ3n) is 4.00. The maximum atomic E-state index is 11.9. The monoisotopic (exact) mass is 369 g/mol. The highest BCUT2D eigenvalue weighted by atomic mass is 16.5. The number of amides is 2. The summed E-state index contributed by atoms with van der Waals surface area (Å²) in [6.07, 6.45) is 1.87. The van der Waals surface area contributed by atoms with Gasteiger partial charge in [-0.15, -0.1) is 0 Å². The van der Waals surface area contributed by atoms with E-state index >= 15 is 0 Å². The molecule has 3 N–H and O–H groups in total. The predicted molar refractivity (Wildman–Crippen MR) is 106 cm³/mol. The lowest BCUT2D eigenvalue weighted by Crippen LogP contribution is -2.26. The van der Waals surface area contributed by atoms with Crippen molar-refractivity contribution in [1.29, 1.82) is 0 Å². The molecule has 2 aromatic rings. The molecule has 0 heterocycles. The van der Waals surface area contributed by atoms with Gasteiger partial charge in [0.25, 0.3) is 11.8 Å². The van der Waals surface area contributed by atoms with Crippen LogP contribution in [-0.2, 0) is 0 Å². The van der Waals surface area contributed by atoms with Crippen molar-refractivity contribution < 1.29 is 14.3 Å². The Morgan fingerprint density at radius 1 is 0.852 bits per heavy atom. The molecule has 0 unspecified atom stereocenters. The Balaban J connectivity index is 1.53. The van der Waals surface area contributed by atoms with E-state index in [9.17, 15) is 9.59 Å². The fourth-order valence-electron chi connectivity index (χ4n) is 2.54. The zero-order chi connectivity index (χ0) is 19.3. The number of nitrogens with one attached hydrogen (secondary N) is 3. The molecule has 2 rings (SSSR count). The SMILES string of the molecule is CNC(=O)c1ccccc1OCCNCCCCNC(=O)c1ccccc1. The predicted octanol–water partition coefficient (Wildman–Crippen LogP) is 2.22. The van der Waals surface area contributed by atoms with Crippen LogP contribution in [0.1, 0.15) is 33.6 Å². The summed E-state index contributed by atoms with van der Waals surface area (Å²) >= 11 is 0. The van der Waals surface area contributed by atoms with Crippen LogP contribution in [0.4, 0.5) is 0 Å². The summed E-state index contributed by atoms with van der Waals surface area (Å²) in [5.74, 6) is 0.394. The van der Waals surface area contributed by atoms with Crippen molar-refractivity contribution in [3.05, 3.63) is 65.7 Å². The van der Waals surface area contributed by atoms with Crippen LogP contribution >= 0.6 is 0 Å². The molecule has 0 aliphatic carbocycles. The second-order valence-corrected chi connectivity index (χ2v) is 6.00. The van der Waals surface area contributed by atoms with Crippen LogP contribution in [0.15, 0.2) is 54.6 Å². The van der Waals surface area contributed by atoms with Gasteiger partial charge in [0.15, 0.2) is 0 Å². The molecule has 0 atom stereocenters. The molecule has 0 aliphatic rings. The minimum atomic E-state index is -0.156. The van der Waals surface area contributed by atoms with Crippen LogP contribution in [-0.4, -0.2) is 45.1 Å². The Labute approximate surface area is 160 Å². The van der Waals surface area contributed by atoms with Crippen LogP contribution in [0.5, 0.6) is 5.75 Å². The zero-order valence-electron chi connectivity index (χ0n) is 15.7. The molecule has 27 heavy (non-hydrogen) atoms. The summed E-state index contributed by atoms with van der Waals surface area (Å²) in [5.41, 5.74) is 1.22. The molecule has 2 aromatic carbocycles. The first-order valence-electron chi connectivity index (χ1n) is 9.20. The van der Waals surface area contributed by atoms with Crippen molar-refractivity contribution in [2.75, 3.05) is 33.3 Å². The standard InChI is InChI=1S/C21H27N3O3/c1-22-21(26)18-11-5-6-12-19(18)27-16-15-23-13-7-8-14-24-20(25)17-9-3-2-4-10-17/h2-6,9-12,23H,7-8,13-16H2,1H3,(H,22,26)(H,24,25). The van der Waals surface area contributed by atoms with Crippen molar-refractivity contribution in [2.24, 2.45) is 0 Å². The van der Waals surface area contributed by atoms with Gasteiger partial charge in [-0.05, 0) is 43.7 Å².